The normalized spacial score (nSPS) is 18.0. The molecule has 1 aliphatic carbocycles. The average Bonchev–Trinajstić information content (AvgIpc) is 3.06. The summed E-state index contributed by atoms with van der Waals surface area (Å²) < 4.78 is 0. The van der Waals surface area contributed by atoms with Gasteiger partial charge in [0.25, 0.3) is 0 Å². The Kier molecular flexibility index (Phi) is 7.54. The zero-order chi connectivity index (χ0) is 10.9. The first-order valence-corrected chi connectivity index (χ1v) is 8.00. The van der Waals surface area contributed by atoms with E-state index in [2.05, 4.69) is 18.5 Å². The maximum atomic E-state index is 3.72. The molecule has 1 N–H and O–H groups in total. The van der Waals surface area contributed by atoms with E-state index in [0.717, 1.165) is 12.0 Å². The highest BCUT2D eigenvalue weighted by molar-refractivity contribution is 7.98. The summed E-state index contributed by atoms with van der Waals surface area (Å²) in [6, 6.07) is 0.830. The first kappa shape index (κ1) is 13.4. The number of hydrogen-bond acceptors (Lipinski definition) is 2. The summed E-state index contributed by atoms with van der Waals surface area (Å²) in [5.74, 6) is 2.36. The quantitative estimate of drug-likeness (QED) is 0.573. The van der Waals surface area contributed by atoms with Crippen LogP contribution in [0.15, 0.2) is 0 Å². The fourth-order valence-electron chi connectivity index (χ4n) is 2.16. The first-order chi connectivity index (χ1) is 7.38. The van der Waals surface area contributed by atoms with Crippen LogP contribution in [-0.2, 0) is 0 Å². The van der Waals surface area contributed by atoms with E-state index in [-0.39, 0.29) is 0 Å². The van der Waals surface area contributed by atoms with Crippen LogP contribution in [0, 0.1) is 5.92 Å². The molecule has 1 nitrogen and oxygen atoms in total. The minimum atomic E-state index is 0.830. The standard InChI is InChI=1S/C13H27NS/c1-3-13(12-8-9-12)14-10-6-4-5-7-11-15-2/h12-14H,3-11H2,1-2H3. The lowest BCUT2D eigenvalue weighted by molar-refractivity contribution is 0.440. The Hall–Kier alpha value is 0.310. The number of hydrogen-bond donors (Lipinski definition) is 1. The Morgan fingerprint density at radius 3 is 2.53 bits per heavy atom. The minimum Gasteiger partial charge on any atom is -0.314 e. The predicted octanol–water partition coefficient (Wildman–Crippen LogP) is 3.69. The van der Waals surface area contributed by atoms with Crippen molar-refractivity contribution in [2.24, 2.45) is 5.92 Å². The zero-order valence-corrected chi connectivity index (χ0v) is 11.2. The van der Waals surface area contributed by atoms with Gasteiger partial charge in [-0.1, -0.05) is 19.8 Å². The zero-order valence-electron chi connectivity index (χ0n) is 10.4. The lowest BCUT2D eigenvalue weighted by Crippen LogP contribution is -2.31. The van der Waals surface area contributed by atoms with E-state index < -0.39 is 0 Å². The molecule has 0 bridgehead atoms. The Bertz CT molecular complexity index is 145. The molecule has 0 amide bonds. The smallest absolute Gasteiger partial charge is 0.00927 e. The number of rotatable bonds is 10. The van der Waals surface area contributed by atoms with Crippen LogP contribution in [0.3, 0.4) is 0 Å². The maximum Gasteiger partial charge on any atom is 0.00927 e. The molecule has 0 aromatic rings. The molecule has 2 heteroatoms. The summed E-state index contributed by atoms with van der Waals surface area (Å²) in [5.41, 5.74) is 0. The highest BCUT2D eigenvalue weighted by atomic mass is 32.2. The van der Waals surface area contributed by atoms with Crippen LogP contribution < -0.4 is 5.32 Å². The monoisotopic (exact) mass is 229 g/mol. The van der Waals surface area contributed by atoms with E-state index in [1.165, 1.54) is 57.2 Å². The summed E-state index contributed by atoms with van der Waals surface area (Å²) in [4.78, 5) is 0. The van der Waals surface area contributed by atoms with E-state index in [9.17, 15) is 0 Å². The van der Waals surface area contributed by atoms with E-state index >= 15 is 0 Å². The minimum absolute atomic E-state index is 0.830. The van der Waals surface area contributed by atoms with E-state index in [1.807, 2.05) is 11.8 Å². The molecule has 1 atom stereocenters. The van der Waals surface area contributed by atoms with Crippen molar-refractivity contribution in [3.8, 4) is 0 Å². The SMILES string of the molecule is CCC(NCCCCCCSC)C1CC1. The maximum absolute atomic E-state index is 3.72. The molecule has 0 radical (unpaired) electrons. The summed E-state index contributed by atoms with van der Waals surface area (Å²) in [6.45, 7) is 3.56. The molecule has 1 rings (SSSR count). The third-order valence-corrected chi connectivity index (χ3v) is 4.01. The van der Waals surface area contributed by atoms with Crippen molar-refractivity contribution < 1.29 is 0 Å². The van der Waals surface area contributed by atoms with Gasteiger partial charge < -0.3 is 5.32 Å². The summed E-state index contributed by atoms with van der Waals surface area (Å²) in [7, 11) is 0. The van der Waals surface area contributed by atoms with Crippen molar-refractivity contribution in [2.75, 3.05) is 18.6 Å². The number of thioether (sulfide) groups is 1. The summed E-state index contributed by atoms with van der Waals surface area (Å²) >= 11 is 1.97. The van der Waals surface area contributed by atoms with E-state index in [0.29, 0.717) is 0 Å². The molecular formula is C13H27NS. The lowest BCUT2D eigenvalue weighted by atomic mass is 10.1. The van der Waals surface area contributed by atoms with Gasteiger partial charge in [-0.3, -0.25) is 0 Å². The fourth-order valence-corrected chi connectivity index (χ4v) is 2.65. The second-order valence-electron chi connectivity index (χ2n) is 4.71. The molecule has 0 saturated heterocycles. The highest BCUT2D eigenvalue weighted by Gasteiger charge is 2.28. The fraction of sp³-hybridized carbons (Fsp3) is 1.00. The van der Waals surface area contributed by atoms with Crippen LogP contribution in [0.1, 0.15) is 51.9 Å². The van der Waals surface area contributed by atoms with Gasteiger partial charge in [0, 0.05) is 6.04 Å². The third-order valence-electron chi connectivity index (χ3n) is 3.31. The Morgan fingerprint density at radius 1 is 1.20 bits per heavy atom. The van der Waals surface area contributed by atoms with Gasteiger partial charge in [-0.2, -0.15) is 11.8 Å². The van der Waals surface area contributed by atoms with Crippen molar-refractivity contribution in [1.82, 2.24) is 5.32 Å². The molecule has 0 aromatic heterocycles. The van der Waals surface area contributed by atoms with Crippen LogP contribution in [0.2, 0.25) is 0 Å². The van der Waals surface area contributed by atoms with Gasteiger partial charge in [0.1, 0.15) is 0 Å². The Labute approximate surface area is 99.8 Å². The van der Waals surface area contributed by atoms with Crippen molar-refractivity contribution in [3.05, 3.63) is 0 Å². The van der Waals surface area contributed by atoms with Gasteiger partial charge >= 0.3 is 0 Å². The molecule has 0 spiro atoms. The molecular weight excluding hydrogens is 202 g/mol. The van der Waals surface area contributed by atoms with Crippen LogP contribution >= 0.6 is 11.8 Å². The number of nitrogens with one attached hydrogen (secondary N) is 1. The van der Waals surface area contributed by atoms with Crippen LogP contribution in [0.5, 0.6) is 0 Å². The lowest BCUT2D eigenvalue weighted by Gasteiger charge is -2.15. The van der Waals surface area contributed by atoms with Gasteiger partial charge in [0.2, 0.25) is 0 Å². The summed E-state index contributed by atoms with van der Waals surface area (Å²) in [6.07, 6.45) is 12.1. The van der Waals surface area contributed by atoms with Crippen LogP contribution in [-0.4, -0.2) is 24.6 Å². The molecule has 1 fully saturated rings. The third kappa shape index (κ3) is 6.47. The molecule has 90 valence electrons. The molecule has 0 aromatic carbocycles. The molecule has 1 aliphatic rings. The Balaban J connectivity index is 1.83. The second kappa shape index (κ2) is 8.46. The molecule has 1 saturated carbocycles. The Morgan fingerprint density at radius 2 is 1.93 bits per heavy atom. The van der Waals surface area contributed by atoms with Gasteiger partial charge in [-0.05, 0) is 56.6 Å². The van der Waals surface area contributed by atoms with E-state index in [1.54, 1.807) is 0 Å². The van der Waals surface area contributed by atoms with Crippen molar-refractivity contribution in [3.63, 3.8) is 0 Å². The topological polar surface area (TPSA) is 12.0 Å². The second-order valence-corrected chi connectivity index (χ2v) is 5.70. The summed E-state index contributed by atoms with van der Waals surface area (Å²) in [5, 5.41) is 3.72. The first-order valence-electron chi connectivity index (χ1n) is 6.60. The van der Waals surface area contributed by atoms with E-state index in [4.69, 9.17) is 0 Å². The van der Waals surface area contributed by atoms with Crippen molar-refractivity contribution in [1.29, 1.82) is 0 Å². The van der Waals surface area contributed by atoms with Crippen molar-refractivity contribution >= 4 is 11.8 Å². The van der Waals surface area contributed by atoms with Crippen LogP contribution in [0.4, 0.5) is 0 Å². The van der Waals surface area contributed by atoms with Gasteiger partial charge in [-0.15, -0.1) is 0 Å². The highest BCUT2D eigenvalue weighted by Crippen LogP contribution is 2.33. The average molecular weight is 229 g/mol. The van der Waals surface area contributed by atoms with Crippen molar-refractivity contribution in [2.45, 2.75) is 57.9 Å². The predicted molar refractivity (Wildman–Crippen MR) is 71.7 cm³/mol. The molecule has 15 heavy (non-hydrogen) atoms. The number of unbranched alkanes of at least 4 members (excludes halogenated alkanes) is 3. The van der Waals surface area contributed by atoms with Gasteiger partial charge in [0.05, 0.1) is 0 Å². The van der Waals surface area contributed by atoms with Gasteiger partial charge in [-0.25, -0.2) is 0 Å². The molecule has 0 heterocycles. The molecule has 1 unspecified atom stereocenters. The molecule has 0 aliphatic heterocycles. The van der Waals surface area contributed by atoms with Gasteiger partial charge in [0.15, 0.2) is 0 Å². The largest absolute Gasteiger partial charge is 0.314 e. The van der Waals surface area contributed by atoms with Crippen LogP contribution in [0.25, 0.3) is 0 Å².